The van der Waals surface area contributed by atoms with E-state index < -0.39 is 11.2 Å². The summed E-state index contributed by atoms with van der Waals surface area (Å²) in [6.45, 7) is 0.382. The second-order valence-corrected chi connectivity index (χ2v) is 5.55. The number of aryl methyl sites for hydroxylation is 1. The van der Waals surface area contributed by atoms with E-state index in [1.165, 1.54) is 17.7 Å². The van der Waals surface area contributed by atoms with Crippen LogP contribution < -0.4 is 11.2 Å². The molecule has 2 aromatic heterocycles. The molecule has 0 saturated carbocycles. The third-order valence-corrected chi connectivity index (χ3v) is 4.05. The van der Waals surface area contributed by atoms with E-state index in [-0.39, 0.29) is 0 Å². The normalized spacial score (nSPS) is 11.4. The van der Waals surface area contributed by atoms with Crippen LogP contribution in [0.4, 0.5) is 0 Å². The zero-order chi connectivity index (χ0) is 17.3. The van der Waals surface area contributed by atoms with E-state index in [0.29, 0.717) is 29.6 Å². The van der Waals surface area contributed by atoms with Crippen molar-refractivity contribution in [2.24, 2.45) is 14.1 Å². The van der Waals surface area contributed by atoms with Gasteiger partial charge >= 0.3 is 5.69 Å². The first-order valence-electron chi connectivity index (χ1n) is 7.50. The topological polar surface area (TPSA) is 66.0 Å². The predicted molar refractivity (Wildman–Crippen MR) is 93.3 cm³/mol. The molecule has 3 rings (SSSR count). The summed E-state index contributed by atoms with van der Waals surface area (Å²) in [7, 11) is 3.02. The molecule has 0 aliphatic heterocycles. The van der Waals surface area contributed by atoms with Crippen molar-refractivity contribution in [3.05, 3.63) is 74.6 Å². The Balaban J connectivity index is 2.13. The summed E-state index contributed by atoms with van der Waals surface area (Å²) in [5.74, 6) is 0. The fraction of sp³-hybridized carbons (Fsp3) is 0.167. The average molecular weight is 323 g/mol. The molecule has 0 saturated heterocycles. The molecule has 0 fully saturated rings. The molecule has 0 bridgehead atoms. The lowest BCUT2D eigenvalue weighted by molar-refractivity contribution is 0.111. The van der Waals surface area contributed by atoms with Crippen molar-refractivity contribution < 1.29 is 4.79 Å². The maximum atomic E-state index is 12.3. The quantitative estimate of drug-likeness (QED) is 0.685. The Bertz CT molecular complexity index is 1050. The van der Waals surface area contributed by atoms with Gasteiger partial charge in [-0.2, -0.15) is 0 Å². The Labute approximate surface area is 137 Å². The highest BCUT2D eigenvalue weighted by atomic mass is 16.2. The van der Waals surface area contributed by atoms with Crippen LogP contribution in [0.15, 0.2) is 52.1 Å². The molecule has 24 heavy (non-hydrogen) atoms. The Kier molecular flexibility index (Phi) is 4.04. The fourth-order valence-electron chi connectivity index (χ4n) is 2.81. The van der Waals surface area contributed by atoms with Crippen molar-refractivity contribution in [2.45, 2.75) is 6.54 Å². The van der Waals surface area contributed by atoms with Crippen molar-refractivity contribution in [1.82, 2.24) is 13.7 Å². The van der Waals surface area contributed by atoms with Gasteiger partial charge in [0.05, 0.1) is 11.1 Å². The fourth-order valence-corrected chi connectivity index (χ4v) is 2.81. The Morgan fingerprint density at radius 3 is 2.42 bits per heavy atom. The Morgan fingerprint density at radius 2 is 1.75 bits per heavy atom. The first-order chi connectivity index (χ1) is 11.5. The number of carbonyl (C=O) groups excluding carboxylic acids is 1. The zero-order valence-corrected chi connectivity index (χ0v) is 13.5. The molecule has 0 atom stereocenters. The monoisotopic (exact) mass is 323 g/mol. The maximum absolute atomic E-state index is 12.3. The molecule has 6 nitrogen and oxygen atoms in total. The van der Waals surface area contributed by atoms with Gasteiger partial charge in [0.15, 0.2) is 6.29 Å². The highest BCUT2D eigenvalue weighted by Crippen LogP contribution is 2.14. The van der Waals surface area contributed by atoms with Crippen molar-refractivity contribution in [2.75, 3.05) is 0 Å². The number of benzene rings is 1. The molecule has 0 N–H and O–H groups in total. The Morgan fingerprint density at radius 1 is 1.04 bits per heavy atom. The average Bonchev–Trinajstić information content (AvgIpc) is 2.98. The Hall–Kier alpha value is -3.15. The van der Waals surface area contributed by atoms with Gasteiger partial charge in [-0.15, -0.1) is 0 Å². The van der Waals surface area contributed by atoms with Gasteiger partial charge in [-0.1, -0.05) is 42.5 Å². The lowest BCUT2D eigenvalue weighted by atomic mass is 10.2. The van der Waals surface area contributed by atoms with E-state index in [1.807, 2.05) is 42.5 Å². The highest BCUT2D eigenvalue weighted by molar-refractivity contribution is 5.86. The van der Waals surface area contributed by atoms with Crippen LogP contribution in [0.1, 0.15) is 16.1 Å². The van der Waals surface area contributed by atoms with Gasteiger partial charge in [0.25, 0.3) is 5.56 Å². The SMILES string of the molecule is Cn1c(=O)c2cc(C=O)n(C/C=C/c3ccccc3)c2n(C)c1=O. The van der Waals surface area contributed by atoms with E-state index >= 15 is 0 Å². The summed E-state index contributed by atoms with van der Waals surface area (Å²) >= 11 is 0. The largest absolute Gasteiger partial charge is 0.332 e. The van der Waals surface area contributed by atoms with Crippen LogP contribution in [-0.2, 0) is 20.6 Å². The van der Waals surface area contributed by atoms with Gasteiger partial charge in [0, 0.05) is 20.6 Å². The summed E-state index contributed by atoms with van der Waals surface area (Å²) in [5.41, 5.74) is 1.02. The first kappa shape index (κ1) is 15.7. The number of rotatable bonds is 4. The van der Waals surface area contributed by atoms with Gasteiger partial charge < -0.3 is 4.57 Å². The van der Waals surface area contributed by atoms with Crippen molar-refractivity contribution in [3.8, 4) is 0 Å². The second kappa shape index (κ2) is 6.16. The van der Waals surface area contributed by atoms with Crippen LogP contribution in [0.2, 0.25) is 0 Å². The van der Waals surface area contributed by atoms with Crippen molar-refractivity contribution in [3.63, 3.8) is 0 Å². The minimum absolute atomic E-state index is 0.356. The number of nitrogens with zero attached hydrogens (tertiary/aromatic N) is 3. The third-order valence-electron chi connectivity index (χ3n) is 4.05. The molecule has 0 amide bonds. The summed E-state index contributed by atoms with van der Waals surface area (Å²) in [6.07, 6.45) is 4.52. The van der Waals surface area contributed by atoms with Crippen molar-refractivity contribution in [1.29, 1.82) is 0 Å². The highest BCUT2D eigenvalue weighted by Gasteiger charge is 2.15. The summed E-state index contributed by atoms with van der Waals surface area (Å²) in [4.78, 5) is 35.8. The number of hydrogen-bond acceptors (Lipinski definition) is 3. The molecule has 122 valence electrons. The van der Waals surface area contributed by atoms with Crippen LogP contribution in [0.25, 0.3) is 17.1 Å². The van der Waals surface area contributed by atoms with Crippen LogP contribution in [0.5, 0.6) is 0 Å². The van der Waals surface area contributed by atoms with E-state index in [4.69, 9.17) is 0 Å². The molecule has 0 aliphatic rings. The zero-order valence-electron chi connectivity index (χ0n) is 13.5. The third kappa shape index (κ3) is 2.52. The van der Waals surface area contributed by atoms with E-state index in [9.17, 15) is 14.4 Å². The molecular formula is C18H17N3O3. The number of fused-ring (bicyclic) bond motifs is 1. The summed E-state index contributed by atoms with van der Waals surface area (Å²) in [5, 5.41) is 0.356. The van der Waals surface area contributed by atoms with E-state index in [2.05, 4.69) is 0 Å². The standard InChI is InChI=1S/C18H17N3O3/c1-19-16-15(17(23)20(2)18(19)24)11-14(12-22)21(16)10-6-9-13-7-4-3-5-8-13/h3-9,11-12H,10H2,1-2H3/b9-6+. The molecule has 6 heteroatoms. The number of aldehydes is 1. The second-order valence-electron chi connectivity index (χ2n) is 5.55. The summed E-state index contributed by atoms with van der Waals surface area (Å²) < 4.78 is 4.10. The lowest BCUT2D eigenvalue weighted by Crippen LogP contribution is -2.37. The lowest BCUT2D eigenvalue weighted by Gasteiger charge is -2.09. The van der Waals surface area contributed by atoms with Crippen molar-refractivity contribution >= 4 is 23.4 Å². The molecule has 0 spiro atoms. The number of allylic oxidation sites excluding steroid dienone is 1. The first-order valence-corrected chi connectivity index (χ1v) is 7.50. The molecule has 2 heterocycles. The van der Waals surface area contributed by atoms with Crippen LogP contribution in [-0.4, -0.2) is 20.0 Å². The predicted octanol–water partition coefficient (Wildman–Crippen LogP) is 1.56. The molecule has 3 aromatic rings. The molecular weight excluding hydrogens is 306 g/mol. The van der Waals surface area contributed by atoms with Crippen LogP contribution in [0.3, 0.4) is 0 Å². The molecule has 0 radical (unpaired) electrons. The molecule has 0 aliphatic carbocycles. The van der Waals surface area contributed by atoms with Crippen LogP contribution >= 0.6 is 0 Å². The van der Waals surface area contributed by atoms with Gasteiger partial charge in [0.2, 0.25) is 0 Å². The maximum Gasteiger partial charge on any atom is 0.332 e. The number of aromatic nitrogens is 3. The molecule has 1 aromatic carbocycles. The number of carbonyl (C=O) groups is 1. The van der Waals surface area contributed by atoms with Gasteiger partial charge in [0.1, 0.15) is 5.65 Å². The van der Waals surface area contributed by atoms with Gasteiger partial charge in [-0.3, -0.25) is 18.7 Å². The minimum Gasteiger partial charge on any atom is -0.320 e. The summed E-state index contributed by atoms with van der Waals surface area (Å²) in [6, 6.07) is 11.3. The smallest absolute Gasteiger partial charge is 0.320 e. The van der Waals surface area contributed by atoms with Gasteiger partial charge in [-0.25, -0.2) is 4.79 Å². The minimum atomic E-state index is -0.420. The molecule has 0 unspecified atom stereocenters. The number of hydrogen-bond donors (Lipinski definition) is 0. The van der Waals surface area contributed by atoms with E-state index in [0.717, 1.165) is 10.1 Å². The van der Waals surface area contributed by atoms with Gasteiger partial charge in [-0.05, 0) is 11.6 Å². The van der Waals surface area contributed by atoms with E-state index in [1.54, 1.807) is 11.6 Å². The van der Waals surface area contributed by atoms with Crippen LogP contribution in [0, 0.1) is 0 Å².